The first kappa shape index (κ1) is 15.8. The molecule has 0 spiro atoms. The van der Waals surface area contributed by atoms with Gasteiger partial charge in [-0.3, -0.25) is 4.90 Å². The summed E-state index contributed by atoms with van der Waals surface area (Å²) in [6, 6.07) is 8.00. The lowest BCUT2D eigenvalue weighted by atomic mass is 10.0. The van der Waals surface area contributed by atoms with Gasteiger partial charge < -0.3 is 4.90 Å². The van der Waals surface area contributed by atoms with E-state index in [1.54, 1.807) is 18.2 Å². The van der Waals surface area contributed by atoms with Gasteiger partial charge >= 0.3 is 0 Å². The Morgan fingerprint density at radius 2 is 1.79 bits per heavy atom. The Hall–Kier alpha value is -1.72. The van der Waals surface area contributed by atoms with E-state index in [0.29, 0.717) is 29.0 Å². The number of hydrogen-bond acceptors (Lipinski definition) is 3. The Kier molecular flexibility index (Phi) is 4.14. The Morgan fingerprint density at radius 1 is 1.04 bits per heavy atom. The van der Waals surface area contributed by atoms with Gasteiger partial charge in [-0.1, -0.05) is 17.7 Å². The highest BCUT2D eigenvalue weighted by Gasteiger charge is 2.40. The first-order valence-electron chi connectivity index (χ1n) is 8.12. The highest BCUT2D eigenvalue weighted by molar-refractivity contribution is 6.31. The van der Waals surface area contributed by atoms with Crippen LogP contribution in [0.25, 0.3) is 0 Å². The van der Waals surface area contributed by atoms with Crippen LogP contribution in [0, 0.1) is 23.5 Å². The van der Waals surface area contributed by atoms with Crippen molar-refractivity contribution in [2.75, 3.05) is 31.1 Å². The van der Waals surface area contributed by atoms with E-state index in [-0.39, 0.29) is 11.6 Å². The number of pyridine rings is 1. The topological polar surface area (TPSA) is 19.4 Å². The van der Waals surface area contributed by atoms with Crippen molar-refractivity contribution in [3.05, 3.63) is 58.7 Å². The molecule has 3 nitrogen and oxygen atoms in total. The molecule has 0 N–H and O–H groups in total. The van der Waals surface area contributed by atoms with Gasteiger partial charge in [0.1, 0.15) is 17.5 Å². The lowest BCUT2D eigenvalue weighted by molar-refractivity contribution is 0.304. The zero-order valence-electron chi connectivity index (χ0n) is 13.1. The molecule has 2 saturated heterocycles. The van der Waals surface area contributed by atoms with Gasteiger partial charge in [-0.05, 0) is 36.1 Å². The van der Waals surface area contributed by atoms with Crippen molar-refractivity contribution < 1.29 is 8.78 Å². The molecule has 126 valence electrons. The van der Waals surface area contributed by atoms with Crippen molar-refractivity contribution >= 4 is 17.4 Å². The molecule has 6 heteroatoms. The van der Waals surface area contributed by atoms with Gasteiger partial charge in [0.15, 0.2) is 0 Å². The maximum atomic E-state index is 14.0. The van der Waals surface area contributed by atoms with Gasteiger partial charge in [-0.25, -0.2) is 13.8 Å². The smallest absolute Gasteiger partial charge is 0.141 e. The Balaban J connectivity index is 1.40. The molecule has 0 amide bonds. The number of halogens is 3. The van der Waals surface area contributed by atoms with Crippen molar-refractivity contribution in [3.63, 3.8) is 0 Å². The van der Waals surface area contributed by atoms with Gasteiger partial charge in [0.2, 0.25) is 0 Å². The lowest BCUT2D eigenvalue weighted by Gasteiger charge is -2.22. The fourth-order valence-corrected chi connectivity index (χ4v) is 4.09. The third kappa shape index (κ3) is 2.98. The predicted octanol–water partition coefficient (Wildman–Crippen LogP) is 3.58. The zero-order valence-corrected chi connectivity index (χ0v) is 13.9. The van der Waals surface area contributed by atoms with E-state index in [2.05, 4.69) is 14.8 Å². The van der Waals surface area contributed by atoms with Crippen molar-refractivity contribution in [2.45, 2.75) is 6.54 Å². The van der Waals surface area contributed by atoms with Crippen LogP contribution >= 0.6 is 11.6 Å². The monoisotopic (exact) mass is 349 g/mol. The zero-order chi connectivity index (χ0) is 16.7. The minimum atomic E-state index is -0.314. The summed E-state index contributed by atoms with van der Waals surface area (Å²) in [4.78, 5) is 8.65. The van der Waals surface area contributed by atoms with Crippen molar-refractivity contribution in [3.8, 4) is 0 Å². The van der Waals surface area contributed by atoms with Crippen molar-refractivity contribution in [1.29, 1.82) is 0 Å². The largest absolute Gasteiger partial charge is 0.356 e. The summed E-state index contributed by atoms with van der Waals surface area (Å²) >= 11 is 6.13. The quantitative estimate of drug-likeness (QED) is 0.844. The number of nitrogens with zero attached hydrogens (tertiary/aromatic N) is 3. The molecule has 0 bridgehead atoms. The van der Waals surface area contributed by atoms with Crippen LogP contribution in [0.4, 0.5) is 14.6 Å². The van der Waals surface area contributed by atoms with Crippen LogP contribution in [0.2, 0.25) is 5.02 Å². The number of fused-ring (bicyclic) bond motifs is 1. The standard InChI is InChI=1S/C18H18ClF2N3/c19-16-2-1-3-17(21)15(16)11-23-7-12-9-24(10-13(12)8-23)18-5-4-14(20)6-22-18/h1-6,12-13H,7-11H2. The van der Waals surface area contributed by atoms with E-state index in [1.165, 1.54) is 18.3 Å². The third-order valence-corrected chi connectivity index (χ3v) is 5.40. The molecule has 4 rings (SSSR count). The van der Waals surface area contributed by atoms with E-state index in [4.69, 9.17) is 11.6 Å². The van der Waals surface area contributed by atoms with E-state index in [1.807, 2.05) is 0 Å². The molecule has 2 fully saturated rings. The molecule has 2 atom stereocenters. The van der Waals surface area contributed by atoms with E-state index in [9.17, 15) is 8.78 Å². The fourth-order valence-electron chi connectivity index (χ4n) is 3.87. The third-order valence-electron chi connectivity index (χ3n) is 5.04. The normalized spacial score (nSPS) is 23.7. The SMILES string of the molecule is Fc1ccc(N2CC3CN(Cc4c(F)cccc4Cl)CC3C2)nc1. The first-order valence-corrected chi connectivity index (χ1v) is 8.49. The number of rotatable bonds is 3. The Bertz CT molecular complexity index is 703. The number of hydrogen-bond donors (Lipinski definition) is 0. The van der Waals surface area contributed by atoms with Crippen LogP contribution < -0.4 is 4.90 Å². The lowest BCUT2D eigenvalue weighted by Crippen LogP contribution is -2.29. The molecule has 0 saturated carbocycles. The summed E-state index contributed by atoms with van der Waals surface area (Å²) in [5.74, 6) is 1.34. The van der Waals surface area contributed by atoms with E-state index in [0.717, 1.165) is 32.0 Å². The van der Waals surface area contributed by atoms with E-state index < -0.39 is 0 Å². The number of anilines is 1. The summed E-state index contributed by atoms with van der Waals surface area (Å²) < 4.78 is 27.0. The Labute approximate surface area is 144 Å². The van der Waals surface area contributed by atoms with Crippen LogP contribution in [-0.4, -0.2) is 36.1 Å². The van der Waals surface area contributed by atoms with Gasteiger partial charge in [0, 0.05) is 43.3 Å². The number of aromatic nitrogens is 1. The van der Waals surface area contributed by atoms with Gasteiger partial charge in [-0.2, -0.15) is 0 Å². The highest BCUT2D eigenvalue weighted by Crippen LogP contribution is 2.34. The summed E-state index contributed by atoms with van der Waals surface area (Å²) in [7, 11) is 0. The second-order valence-electron chi connectivity index (χ2n) is 6.65. The fraction of sp³-hybridized carbons (Fsp3) is 0.389. The van der Waals surface area contributed by atoms with Crippen molar-refractivity contribution in [1.82, 2.24) is 9.88 Å². The second-order valence-corrected chi connectivity index (χ2v) is 7.06. The number of benzene rings is 1. The average Bonchev–Trinajstić information content (AvgIpc) is 3.10. The minimum Gasteiger partial charge on any atom is -0.356 e. The second kappa shape index (κ2) is 6.30. The van der Waals surface area contributed by atoms with Gasteiger partial charge in [0.25, 0.3) is 0 Å². The molecule has 2 aliphatic rings. The molecule has 1 aromatic carbocycles. The van der Waals surface area contributed by atoms with Crippen LogP contribution in [-0.2, 0) is 6.54 Å². The molecule has 3 heterocycles. The van der Waals surface area contributed by atoms with Crippen LogP contribution in [0.5, 0.6) is 0 Å². The molecule has 2 aliphatic heterocycles. The van der Waals surface area contributed by atoms with Crippen LogP contribution in [0.3, 0.4) is 0 Å². The molecule has 0 aliphatic carbocycles. The first-order chi connectivity index (χ1) is 11.6. The van der Waals surface area contributed by atoms with Crippen molar-refractivity contribution in [2.24, 2.45) is 11.8 Å². The summed E-state index contributed by atoms with van der Waals surface area (Å²) in [5.41, 5.74) is 0.580. The molecular formula is C18H18ClF2N3. The predicted molar refractivity (Wildman–Crippen MR) is 90.1 cm³/mol. The maximum absolute atomic E-state index is 14.0. The molecular weight excluding hydrogens is 332 g/mol. The minimum absolute atomic E-state index is 0.239. The molecule has 0 radical (unpaired) electrons. The number of likely N-dealkylation sites (tertiary alicyclic amines) is 1. The van der Waals surface area contributed by atoms with Crippen LogP contribution in [0.15, 0.2) is 36.5 Å². The maximum Gasteiger partial charge on any atom is 0.141 e. The molecule has 2 aromatic rings. The molecule has 1 aromatic heterocycles. The van der Waals surface area contributed by atoms with Crippen LogP contribution in [0.1, 0.15) is 5.56 Å². The van der Waals surface area contributed by atoms with E-state index >= 15 is 0 Å². The summed E-state index contributed by atoms with van der Waals surface area (Å²) in [5, 5.41) is 0.490. The Morgan fingerprint density at radius 3 is 2.42 bits per heavy atom. The highest BCUT2D eigenvalue weighted by atomic mass is 35.5. The van der Waals surface area contributed by atoms with Gasteiger partial charge in [0.05, 0.1) is 6.20 Å². The summed E-state index contributed by atoms with van der Waals surface area (Å²) in [6.07, 6.45) is 1.26. The molecule has 24 heavy (non-hydrogen) atoms. The van der Waals surface area contributed by atoms with Gasteiger partial charge in [-0.15, -0.1) is 0 Å². The molecule has 2 unspecified atom stereocenters. The summed E-state index contributed by atoms with van der Waals surface area (Å²) in [6.45, 7) is 4.21. The average molecular weight is 350 g/mol.